The van der Waals surface area contributed by atoms with E-state index in [1.807, 2.05) is 0 Å². The molecule has 112 valence electrons. The van der Waals surface area contributed by atoms with E-state index in [0.717, 1.165) is 0 Å². The highest BCUT2D eigenvalue weighted by Gasteiger charge is 2.20. The molecule has 7 heteroatoms. The third-order valence-electron chi connectivity index (χ3n) is 3.07. The van der Waals surface area contributed by atoms with Gasteiger partial charge in [-0.3, -0.25) is 4.79 Å². The van der Waals surface area contributed by atoms with Gasteiger partial charge < -0.3 is 11.1 Å². The zero-order chi connectivity index (χ0) is 15.3. The molecule has 1 aromatic carbocycles. The molecule has 0 aliphatic rings. The Bertz CT molecular complexity index is 587. The lowest BCUT2D eigenvalue weighted by Gasteiger charge is -2.11. The number of anilines is 2. The molecular formula is C13H19ClN2O3S. The van der Waals surface area contributed by atoms with Gasteiger partial charge in [0.1, 0.15) is 0 Å². The molecule has 3 N–H and O–H groups in total. The van der Waals surface area contributed by atoms with E-state index in [1.165, 1.54) is 6.07 Å². The number of nitrogens with two attached hydrogens (primary N) is 1. The van der Waals surface area contributed by atoms with E-state index >= 15 is 0 Å². The van der Waals surface area contributed by atoms with E-state index in [1.54, 1.807) is 26.0 Å². The first-order chi connectivity index (χ1) is 9.26. The Kier molecular flexibility index (Phi) is 5.83. The van der Waals surface area contributed by atoms with E-state index in [-0.39, 0.29) is 18.1 Å². The number of benzene rings is 1. The zero-order valence-electron chi connectivity index (χ0n) is 11.5. The van der Waals surface area contributed by atoms with Gasteiger partial charge in [0.2, 0.25) is 5.91 Å². The lowest BCUT2D eigenvalue weighted by atomic mass is 10.3. The Morgan fingerprint density at radius 1 is 1.45 bits per heavy atom. The Labute approximate surface area is 124 Å². The maximum Gasteiger partial charge on any atom is 0.225 e. The van der Waals surface area contributed by atoms with Gasteiger partial charge in [-0.1, -0.05) is 18.5 Å². The highest BCUT2D eigenvalue weighted by atomic mass is 35.5. The molecule has 0 fully saturated rings. The second-order valence-electron chi connectivity index (χ2n) is 4.62. The highest BCUT2D eigenvalue weighted by molar-refractivity contribution is 7.92. The van der Waals surface area contributed by atoms with Crippen LogP contribution in [-0.4, -0.2) is 25.3 Å². The van der Waals surface area contributed by atoms with Crippen molar-refractivity contribution < 1.29 is 13.2 Å². The van der Waals surface area contributed by atoms with Gasteiger partial charge in [0.25, 0.3) is 0 Å². The average Bonchev–Trinajstić information content (AvgIpc) is 2.39. The molecule has 0 aliphatic carbocycles. The Morgan fingerprint density at radius 3 is 2.65 bits per heavy atom. The van der Waals surface area contributed by atoms with Crippen LogP contribution in [0, 0.1) is 0 Å². The Morgan fingerprint density at radius 2 is 2.10 bits per heavy atom. The van der Waals surface area contributed by atoms with Gasteiger partial charge in [-0.2, -0.15) is 0 Å². The van der Waals surface area contributed by atoms with Gasteiger partial charge in [-0.05, 0) is 31.5 Å². The summed E-state index contributed by atoms with van der Waals surface area (Å²) in [6, 6.07) is 4.71. The molecule has 1 atom stereocenters. The molecule has 1 amide bonds. The van der Waals surface area contributed by atoms with Gasteiger partial charge >= 0.3 is 0 Å². The van der Waals surface area contributed by atoms with Crippen molar-refractivity contribution in [2.75, 3.05) is 16.8 Å². The number of sulfone groups is 1. The summed E-state index contributed by atoms with van der Waals surface area (Å²) in [5, 5.41) is 2.46. The highest BCUT2D eigenvalue weighted by Crippen LogP contribution is 2.24. The quantitative estimate of drug-likeness (QED) is 0.788. The second kappa shape index (κ2) is 6.95. The first-order valence-electron chi connectivity index (χ1n) is 6.32. The lowest BCUT2D eigenvalue weighted by Crippen LogP contribution is -2.24. The number of hydrogen-bond donors (Lipinski definition) is 2. The van der Waals surface area contributed by atoms with Crippen molar-refractivity contribution in [3.05, 3.63) is 23.2 Å². The van der Waals surface area contributed by atoms with Crippen molar-refractivity contribution in [2.45, 2.75) is 31.9 Å². The van der Waals surface area contributed by atoms with Crippen molar-refractivity contribution in [3.8, 4) is 0 Å². The number of halogens is 1. The van der Waals surface area contributed by atoms with Crippen LogP contribution < -0.4 is 11.1 Å². The molecule has 0 aliphatic heterocycles. The summed E-state index contributed by atoms with van der Waals surface area (Å²) in [6.07, 6.45) is 0.446. The van der Waals surface area contributed by atoms with Crippen LogP contribution in [0.15, 0.2) is 18.2 Å². The molecule has 1 unspecified atom stereocenters. The average molecular weight is 319 g/mol. The standard InChI is InChI=1S/C13H19ClN2O3S/c1-3-9(2)20(18,19)7-6-13(17)16-12-5-4-10(15)8-11(12)14/h4-5,8-9H,3,6-7,15H2,1-2H3,(H,16,17). The molecule has 20 heavy (non-hydrogen) atoms. The van der Waals surface area contributed by atoms with Gasteiger partial charge in [0.05, 0.1) is 21.7 Å². The van der Waals surface area contributed by atoms with E-state index < -0.39 is 15.1 Å². The Hall–Kier alpha value is -1.27. The topological polar surface area (TPSA) is 89.3 Å². The summed E-state index contributed by atoms with van der Waals surface area (Å²) < 4.78 is 23.6. The number of amides is 1. The number of carbonyl (C=O) groups excluding carboxylic acids is 1. The predicted molar refractivity (Wildman–Crippen MR) is 82.7 cm³/mol. The summed E-state index contributed by atoms with van der Waals surface area (Å²) in [7, 11) is -3.23. The number of nitrogen functional groups attached to an aromatic ring is 1. The molecule has 0 saturated heterocycles. The second-order valence-corrected chi connectivity index (χ2v) is 7.57. The maximum atomic E-state index is 11.8. The van der Waals surface area contributed by atoms with Crippen molar-refractivity contribution in [1.29, 1.82) is 0 Å². The lowest BCUT2D eigenvalue weighted by molar-refractivity contribution is -0.115. The summed E-state index contributed by atoms with van der Waals surface area (Å²) in [5.74, 6) is -0.552. The fourth-order valence-corrected chi connectivity index (χ4v) is 3.15. The van der Waals surface area contributed by atoms with E-state index in [0.29, 0.717) is 22.8 Å². The van der Waals surface area contributed by atoms with Crippen LogP contribution in [-0.2, 0) is 14.6 Å². The molecule has 0 radical (unpaired) electrons. The number of hydrogen-bond acceptors (Lipinski definition) is 4. The van der Waals surface area contributed by atoms with Crippen LogP contribution in [0.3, 0.4) is 0 Å². The van der Waals surface area contributed by atoms with Crippen LogP contribution in [0.25, 0.3) is 0 Å². The molecule has 0 spiro atoms. The van der Waals surface area contributed by atoms with Crippen molar-refractivity contribution >= 4 is 38.7 Å². The van der Waals surface area contributed by atoms with Crippen LogP contribution >= 0.6 is 11.6 Å². The van der Waals surface area contributed by atoms with Crippen LogP contribution in [0.5, 0.6) is 0 Å². The van der Waals surface area contributed by atoms with Crippen molar-refractivity contribution in [1.82, 2.24) is 0 Å². The minimum Gasteiger partial charge on any atom is -0.399 e. The first-order valence-corrected chi connectivity index (χ1v) is 8.42. The molecular weight excluding hydrogens is 300 g/mol. The summed E-state index contributed by atoms with van der Waals surface area (Å²) in [4.78, 5) is 11.7. The third-order valence-corrected chi connectivity index (χ3v) is 5.71. The largest absolute Gasteiger partial charge is 0.399 e. The summed E-state index contributed by atoms with van der Waals surface area (Å²) in [5.41, 5.74) is 6.46. The number of rotatable bonds is 6. The minimum atomic E-state index is -3.23. The van der Waals surface area contributed by atoms with Gasteiger partial charge in [0.15, 0.2) is 9.84 Å². The fraction of sp³-hybridized carbons (Fsp3) is 0.462. The fourth-order valence-electron chi connectivity index (χ4n) is 1.54. The summed E-state index contributed by atoms with van der Waals surface area (Å²) in [6.45, 7) is 3.44. The molecule has 0 heterocycles. The van der Waals surface area contributed by atoms with Gasteiger partial charge in [0, 0.05) is 12.1 Å². The smallest absolute Gasteiger partial charge is 0.225 e. The minimum absolute atomic E-state index is 0.0899. The predicted octanol–water partition coefficient (Wildman–Crippen LogP) is 2.46. The van der Waals surface area contributed by atoms with Crippen molar-refractivity contribution in [2.24, 2.45) is 0 Å². The van der Waals surface area contributed by atoms with Crippen LogP contribution in [0.2, 0.25) is 5.02 Å². The van der Waals surface area contributed by atoms with Gasteiger partial charge in [-0.25, -0.2) is 8.42 Å². The monoisotopic (exact) mass is 318 g/mol. The number of carbonyl (C=O) groups is 1. The molecule has 1 aromatic rings. The maximum absolute atomic E-state index is 11.8. The van der Waals surface area contributed by atoms with E-state index in [9.17, 15) is 13.2 Å². The normalized spacial score (nSPS) is 12.9. The molecule has 1 rings (SSSR count). The van der Waals surface area contributed by atoms with E-state index in [4.69, 9.17) is 17.3 Å². The summed E-state index contributed by atoms with van der Waals surface area (Å²) >= 11 is 5.92. The van der Waals surface area contributed by atoms with Crippen LogP contribution in [0.4, 0.5) is 11.4 Å². The Balaban J connectivity index is 2.61. The molecule has 0 saturated carbocycles. The van der Waals surface area contributed by atoms with E-state index in [2.05, 4.69) is 5.32 Å². The molecule has 0 aromatic heterocycles. The SMILES string of the molecule is CCC(C)S(=O)(=O)CCC(=O)Nc1ccc(N)cc1Cl. The first kappa shape index (κ1) is 16.8. The third kappa shape index (κ3) is 4.68. The molecule has 5 nitrogen and oxygen atoms in total. The van der Waals surface area contributed by atoms with Crippen LogP contribution in [0.1, 0.15) is 26.7 Å². The van der Waals surface area contributed by atoms with Crippen molar-refractivity contribution in [3.63, 3.8) is 0 Å². The zero-order valence-corrected chi connectivity index (χ0v) is 13.1. The van der Waals surface area contributed by atoms with Gasteiger partial charge in [-0.15, -0.1) is 0 Å². The molecule has 0 bridgehead atoms. The number of nitrogens with one attached hydrogen (secondary N) is 1.